The summed E-state index contributed by atoms with van der Waals surface area (Å²) in [7, 11) is 0. The van der Waals surface area contributed by atoms with Gasteiger partial charge in [0.05, 0.1) is 17.2 Å². The van der Waals surface area contributed by atoms with Crippen molar-refractivity contribution >= 4 is 50.3 Å². The van der Waals surface area contributed by atoms with Crippen LogP contribution in [0.2, 0.25) is 0 Å². The molecule has 24 heavy (non-hydrogen) atoms. The minimum atomic E-state index is -0.453. The van der Waals surface area contributed by atoms with Gasteiger partial charge in [-0.2, -0.15) is 0 Å². The number of carbonyl (C=O) groups is 2. The monoisotopic (exact) mass is 502 g/mol. The van der Waals surface area contributed by atoms with Gasteiger partial charge < -0.3 is 4.74 Å². The molecule has 0 bridgehead atoms. The Bertz CT molecular complexity index is 765. The number of hydrogen-bond donors (Lipinski definition) is 2. The number of ether oxygens (including phenoxy) is 1. The number of nitrogens with one attached hydrogen (secondary N) is 2. The molecule has 2 rings (SSSR count). The quantitative estimate of drug-likeness (QED) is 0.492. The Hall–Kier alpha value is -1.61. The predicted molar refractivity (Wildman–Crippen MR) is 104 cm³/mol. The topological polar surface area (TPSA) is 67.4 Å². The van der Waals surface area contributed by atoms with E-state index in [1.165, 1.54) is 0 Å². The normalized spacial score (nSPS) is 10.4. The van der Waals surface area contributed by atoms with Crippen LogP contribution in [-0.4, -0.2) is 17.9 Å². The molecule has 2 N–H and O–H groups in total. The number of rotatable bonds is 4. The summed E-state index contributed by atoms with van der Waals surface area (Å²) >= 11 is 5.40. The molecule has 0 heterocycles. The van der Waals surface area contributed by atoms with Crippen LogP contribution in [0.15, 0.2) is 46.9 Å². The van der Waals surface area contributed by atoms with Gasteiger partial charge in [-0.1, -0.05) is 28.1 Å². The molecule has 0 radical (unpaired) electrons. The highest BCUT2D eigenvalue weighted by molar-refractivity contribution is 14.1. The van der Waals surface area contributed by atoms with E-state index in [1.54, 1.807) is 30.3 Å². The molecule has 0 unspecified atom stereocenters. The molecule has 0 aliphatic carbocycles. The van der Waals surface area contributed by atoms with Gasteiger partial charge in [0.15, 0.2) is 0 Å². The van der Waals surface area contributed by atoms with Gasteiger partial charge in [0, 0.05) is 8.04 Å². The van der Waals surface area contributed by atoms with Crippen molar-refractivity contribution in [1.82, 2.24) is 10.9 Å². The molecule has 5 nitrogen and oxygen atoms in total. The molecule has 2 amide bonds. The zero-order chi connectivity index (χ0) is 17.7. The van der Waals surface area contributed by atoms with Gasteiger partial charge in [-0.15, -0.1) is 0 Å². The predicted octanol–water partition coefficient (Wildman–Crippen LogP) is 3.92. The third-order valence-electron chi connectivity index (χ3n) is 2.96. The summed E-state index contributed by atoms with van der Waals surface area (Å²) in [5.74, 6) is -0.379. The third-order valence-corrected chi connectivity index (χ3v) is 4.39. The molecule has 2 aromatic carbocycles. The fourth-order valence-corrected chi connectivity index (χ4v) is 2.92. The number of carbonyl (C=O) groups excluding carboxylic acids is 2. The molecule has 0 aromatic heterocycles. The van der Waals surface area contributed by atoms with E-state index in [1.807, 2.05) is 26.0 Å². The van der Waals surface area contributed by atoms with Crippen molar-refractivity contribution < 1.29 is 14.3 Å². The zero-order valence-electron chi connectivity index (χ0n) is 13.1. The SMILES string of the molecule is CC(C)Oc1ccc(Br)cc1C(=O)NNC(=O)c1ccccc1I. The molecule has 0 aliphatic heterocycles. The highest BCUT2D eigenvalue weighted by atomic mass is 127. The lowest BCUT2D eigenvalue weighted by Crippen LogP contribution is -2.42. The number of amides is 2. The van der Waals surface area contributed by atoms with Gasteiger partial charge in [-0.3, -0.25) is 20.4 Å². The summed E-state index contributed by atoms with van der Waals surface area (Å²) in [5.41, 5.74) is 5.67. The fourth-order valence-electron chi connectivity index (χ4n) is 1.93. The van der Waals surface area contributed by atoms with Crippen molar-refractivity contribution in [3.63, 3.8) is 0 Å². The minimum Gasteiger partial charge on any atom is -0.490 e. The van der Waals surface area contributed by atoms with Crippen molar-refractivity contribution in [2.75, 3.05) is 0 Å². The Balaban J connectivity index is 2.11. The summed E-state index contributed by atoms with van der Waals surface area (Å²) in [6.45, 7) is 3.76. The molecule has 126 valence electrons. The maximum absolute atomic E-state index is 12.4. The van der Waals surface area contributed by atoms with Crippen LogP contribution in [0.3, 0.4) is 0 Å². The van der Waals surface area contributed by atoms with Crippen LogP contribution in [-0.2, 0) is 0 Å². The number of benzene rings is 2. The molecule has 0 spiro atoms. The molecule has 0 saturated carbocycles. The van der Waals surface area contributed by atoms with Crippen LogP contribution in [0.5, 0.6) is 5.75 Å². The molecular weight excluding hydrogens is 487 g/mol. The van der Waals surface area contributed by atoms with E-state index >= 15 is 0 Å². The van der Waals surface area contributed by atoms with Crippen LogP contribution < -0.4 is 15.6 Å². The van der Waals surface area contributed by atoms with Crippen LogP contribution in [0, 0.1) is 3.57 Å². The first kappa shape index (κ1) is 18.7. The van der Waals surface area contributed by atoms with Crippen LogP contribution in [0.1, 0.15) is 34.6 Å². The van der Waals surface area contributed by atoms with E-state index in [-0.39, 0.29) is 12.0 Å². The van der Waals surface area contributed by atoms with Gasteiger partial charge >= 0.3 is 0 Å². The molecule has 0 atom stereocenters. The highest BCUT2D eigenvalue weighted by Crippen LogP contribution is 2.24. The molecule has 7 heteroatoms. The highest BCUT2D eigenvalue weighted by Gasteiger charge is 2.16. The summed E-state index contributed by atoms with van der Waals surface area (Å²) in [5, 5.41) is 0. The lowest BCUT2D eigenvalue weighted by Gasteiger charge is -2.15. The first-order chi connectivity index (χ1) is 11.4. The van der Waals surface area contributed by atoms with Crippen LogP contribution in [0.25, 0.3) is 0 Å². The van der Waals surface area contributed by atoms with Gasteiger partial charge in [-0.05, 0) is 66.8 Å². The van der Waals surface area contributed by atoms with Crippen molar-refractivity contribution in [3.05, 3.63) is 61.6 Å². The zero-order valence-corrected chi connectivity index (χ0v) is 16.8. The molecule has 2 aromatic rings. The Morgan fingerprint density at radius 2 is 1.67 bits per heavy atom. The first-order valence-electron chi connectivity index (χ1n) is 7.20. The lowest BCUT2D eigenvalue weighted by molar-refractivity contribution is 0.0842. The maximum atomic E-state index is 12.4. The van der Waals surface area contributed by atoms with Crippen LogP contribution in [0.4, 0.5) is 0 Å². The van der Waals surface area contributed by atoms with Gasteiger partial charge in [0.25, 0.3) is 11.8 Å². The first-order valence-corrected chi connectivity index (χ1v) is 9.07. The number of hydrogen-bond acceptors (Lipinski definition) is 3. The van der Waals surface area contributed by atoms with E-state index in [0.717, 1.165) is 8.04 Å². The van der Waals surface area contributed by atoms with E-state index < -0.39 is 5.91 Å². The van der Waals surface area contributed by atoms with Crippen LogP contribution >= 0.6 is 38.5 Å². The largest absolute Gasteiger partial charge is 0.490 e. The lowest BCUT2D eigenvalue weighted by atomic mass is 10.2. The maximum Gasteiger partial charge on any atom is 0.273 e. The Labute approximate surface area is 162 Å². The Morgan fingerprint density at radius 3 is 2.29 bits per heavy atom. The number of hydrazine groups is 1. The Kier molecular flexibility index (Phi) is 6.61. The second kappa shape index (κ2) is 8.48. The van der Waals surface area contributed by atoms with Gasteiger partial charge in [0.1, 0.15) is 5.75 Å². The smallest absolute Gasteiger partial charge is 0.273 e. The van der Waals surface area contributed by atoms with Crippen molar-refractivity contribution in [2.24, 2.45) is 0 Å². The second-order valence-corrected chi connectivity index (χ2v) is 7.27. The third kappa shape index (κ3) is 4.94. The summed E-state index contributed by atoms with van der Waals surface area (Å²) in [6.07, 6.45) is -0.0711. The van der Waals surface area contributed by atoms with E-state index in [0.29, 0.717) is 16.9 Å². The van der Waals surface area contributed by atoms with Gasteiger partial charge in [0.2, 0.25) is 0 Å². The molecule has 0 aliphatic rings. The summed E-state index contributed by atoms with van der Waals surface area (Å²) in [6, 6.07) is 12.3. The molecule has 0 fully saturated rings. The number of halogens is 2. The average molecular weight is 503 g/mol. The van der Waals surface area contributed by atoms with Crippen molar-refractivity contribution in [2.45, 2.75) is 20.0 Å². The van der Waals surface area contributed by atoms with E-state index in [2.05, 4.69) is 49.4 Å². The molecule has 0 saturated heterocycles. The minimum absolute atomic E-state index is 0.0711. The Morgan fingerprint density at radius 1 is 1.04 bits per heavy atom. The van der Waals surface area contributed by atoms with Crippen molar-refractivity contribution in [3.8, 4) is 5.75 Å². The summed E-state index contributed by atoms with van der Waals surface area (Å²) in [4.78, 5) is 24.6. The van der Waals surface area contributed by atoms with E-state index in [4.69, 9.17) is 4.74 Å². The average Bonchev–Trinajstić information content (AvgIpc) is 2.54. The molecular formula is C17H16BrIN2O3. The van der Waals surface area contributed by atoms with Gasteiger partial charge in [-0.25, -0.2) is 0 Å². The second-order valence-electron chi connectivity index (χ2n) is 5.20. The standard InChI is InChI=1S/C17H16BrIN2O3/c1-10(2)24-15-8-7-11(18)9-13(15)17(23)21-20-16(22)12-5-3-4-6-14(12)19/h3-10H,1-2H3,(H,20,22)(H,21,23). The van der Waals surface area contributed by atoms with E-state index in [9.17, 15) is 9.59 Å². The fraction of sp³-hybridized carbons (Fsp3) is 0.176. The van der Waals surface area contributed by atoms with Crippen molar-refractivity contribution in [1.29, 1.82) is 0 Å². The summed E-state index contributed by atoms with van der Waals surface area (Å²) < 4.78 is 7.18.